The maximum Gasteiger partial charge on any atom is 0.244 e. The zero-order valence-electron chi connectivity index (χ0n) is 19.2. The highest BCUT2D eigenvalue weighted by Gasteiger charge is 2.05. The molecule has 0 unspecified atom stereocenters. The summed E-state index contributed by atoms with van der Waals surface area (Å²) in [7, 11) is 1.68. The Balaban J connectivity index is 1.87. The fraction of sp³-hybridized carbons (Fsp3) is 0.444. The lowest BCUT2D eigenvalue weighted by Crippen LogP contribution is -2.31. The lowest BCUT2D eigenvalue weighted by molar-refractivity contribution is -0.117. The summed E-state index contributed by atoms with van der Waals surface area (Å²) in [6, 6.07) is 10.5. The van der Waals surface area contributed by atoms with Crippen molar-refractivity contribution in [3.8, 4) is 5.75 Å². The molecule has 3 nitrogen and oxygen atoms in total. The minimum absolute atomic E-state index is 0.0284. The number of carbonyl (C=O) groups excluding carboxylic acids is 1. The van der Waals surface area contributed by atoms with Gasteiger partial charge in [-0.25, -0.2) is 0 Å². The minimum atomic E-state index is -0.0284. The van der Waals surface area contributed by atoms with Gasteiger partial charge in [0.2, 0.25) is 5.91 Å². The number of amides is 1. The van der Waals surface area contributed by atoms with Crippen LogP contribution in [0.2, 0.25) is 0 Å². The monoisotopic (exact) mass is 439 g/mol. The molecule has 31 heavy (non-hydrogen) atoms. The SMILES string of the molecule is CCCCCC/C(=C\C=C\C(=O)N[C@H](C)CCCc1ccsc1)c1ccc(OC)cc1. The van der Waals surface area contributed by atoms with Crippen LogP contribution in [-0.4, -0.2) is 19.1 Å². The van der Waals surface area contributed by atoms with E-state index >= 15 is 0 Å². The summed E-state index contributed by atoms with van der Waals surface area (Å²) in [6.45, 7) is 4.30. The van der Waals surface area contributed by atoms with Crippen LogP contribution in [0, 0.1) is 0 Å². The summed E-state index contributed by atoms with van der Waals surface area (Å²) in [4.78, 5) is 12.3. The first-order valence-electron chi connectivity index (χ1n) is 11.5. The highest BCUT2D eigenvalue weighted by molar-refractivity contribution is 7.07. The van der Waals surface area contributed by atoms with Gasteiger partial charge in [-0.05, 0) is 84.7 Å². The van der Waals surface area contributed by atoms with Gasteiger partial charge in [0.15, 0.2) is 0 Å². The maximum atomic E-state index is 12.3. The lowest BCUT2D eigenvalue weighted by Gasteiger charge is -2.12. The van der Waals surface area contributed by atoms with Crippen molar-refractivity contribution in [2.45, 2.75) is 71.3 Å². The average molecular weight is 440 g/mol. The van der Waals surface area contributed by atoms with Crippen LogP contribution in [0.5, 0.6) is 5.75 Å². The summed E-state index contributed by atoms with van der Waals surface area (Å²) in [6.07, 6.45) is 14.6. The molecule has 1 atom stereocenters. The number of hydrogen-bond donors (Lipinski definition) is 1. The van der Waals surface area contributed by atoms with Crippen LogP contribution in [0.3, 0.4) is 0 Å². The van der Waals surface area contributed by atoms with Crippen LogP contribution in [0.1, 0.15) is 69.9 Å². The predicted molar refractivity (Wildman–Crippen MR) is 134 cm³/mol. The Hall–Kier alpha value is -2.33. The quantitative estimate of drug-likeness (QED) is 0.192. The lowest BCUT2D eigenvalue weighted by atomic mass is 9.98. The van der Waals surface area contributed by atoms with Gasteiger partial charge in [-0.2, -0.15) is 11.3 Å². The molecular weight excluding hydrogens is 402 g/mol. The van der Waals surface area contributed by atoms with Crippen LogP contribution < -0.4 is 10.1 Å². The van der Waals surface area contributed by atoms with Gasteiger partial charge in [-0.1, -0.05) is 50.5 Å². The number of unbranched alkanes of at least 4 members (excludes halogenated alkanes) is 3. The fourth-order valence-electron chi connectivity index (χ4n) is 3.53. The molecule has 1 aromatic heterocycles. The molecule has 0 bridgehead atoms. The summed E-state index contributed by atoms with van der Waals surface area (Å²) < 4.78 is 5.27. The molecule has 0 fully saturated rings. The number of rotatable bonds is 14. The van der Waals surface area contributed by atoms with Gasteiger partial charge in [0, 0.05) is 12.1 Å². The average Bonchev–Trinajstić information content (AvgIpc) is 3.29. The van der Waals surface area contributed by atoms with E-state index in [0.29, 0.717) is 0 Å². The van der Waals surface area contributed by atoms with E-state index in [4.69, 9.17) is 4.74 Å². The molecule has 0 spiro atoms. The first kappa shape index (κ1) is 24.9. The number of benzene rings is 1. The minimum Gasteiger partial charge on any atom is -0.497 e. The zero-order valence-corrected chi connectivity index (χ0v) is 20.0. The topological polar surface area (TPSA) is 38.3 Å². The van der Waals surface area contributed by atoms with Gasteiger partial charge in [-0.15, -0.1) is 0 Å². The normalized spacial score (nSPS) is 12.8. The Morgan fingerprint density at radius 2 is 1.94 bits per heavy atom. The number of allylic oxidation sites excluding steroid dienone is 3. The molecule has 0 aliphatic carbocycles. The molecule has 1 N–H and O–H groups in total. The van der Waals surface area contributed by atoms with Crippen molar-refractivity contribution in [1.29, 1.82) is 0 Å². The number of thiophene rings is 1. The molecule has 1 heterocycles. The number of hydrogen-bond acceptors (Lipinski definition) is 3. The Kier molecular flexibility index (Phi) is 11.8. The third kappa shape index (κ3) is 10.0. The van der Waals surface area contributed by atoms with Crippen LogP contribution >= 0.6 is 11.3 Å². The Labute approximate surface area is 192 Å². The first-order chi connectivity index (χ1) is 15.1. The second-order valence-corrected chi connectivity index (χ2v) is 8.80. The Morgan fingerprint density at radius 3 is 2.61 bits per heavy atom. The van der Waals surface area contributed by atoms with Crippen molar-refractivity contribution in [3.05, 3.63) is 70.4 Å². The Morgan fingerprint density at radius 1 is 1.13 bits per heavy atom. The standard InChI is InChI=1S/C27H37NO2S/c1-4-5-6-7-12-24(25-15-17-26(30-3)18-16-25)13-9-14-27(29)28-22(2)10-8-11-23-19-20-31-21-23/h9,13-22H,4-8,10-12H2,1-3H3,(H,28,29)/b14-9+,24-13+/t22-/m1/s1. The summed E-state index contributed by atoms with van der Waals surface area (Å²) >= 11 is 1.74. The van der Waals surface area contributed by atoms with Gasteiger partial charge in [0.1, 0.15) is 5.75 Å². The van der Waals surface area contributed by atoms with Gasteiger partial charge in [0.05, 0.1) is 7.11 Å². The second-order valence-electron chi connectivity index (χ2n) is 8.02. The van der Waals surface area contributed by atoms with Crippen LogP contribution in [-0.2, 0) is 11.2 Å². The fourth-order valence-corrected chi connectivity index (χ4v) is 4.24. The molecule has 168 valence electrons. The second kappa shape index (κ2) is 14.6. The molecule has 1 amide bonds. The van der Waals surface area contributed by atoms with Crippen molar-refractivity contribution in [1.82, 2.24) is 5.32 Å². The number of ether oxygens (including phenoxy) is 1. The van der Waals surface area contributed by atoms with Crippen LogP contribution in [0.15, 0.2) is 59.3 Å². The largest absolute Gasteiger partial charge is 0.497 e. The van der Waals surface area contributed by atoms with Crippen molar-refractivity contribution >= 4 is 22.8 Å². The zero-order chi connectivity index (χ0) is 22.3. The van der Waals surface area contributed by atoms with E-state index in [1.165, 1.54) is 36.0 Å². The van der Waals surface area contributed by atoms with E-state index in [9.17, 15) is 4.79 Å². The molecule has 2 rings (SSSR count). The first-order valence-corrected chi connectivity index (χ1v) is 12.4. The van der Waals surface area contributed by atoms with E-state index in [-0.39, 0.29) is 11.9 Å². The van der Waals surface area contributed by atoms with Crippen molar-refractivity contribution < 1.29 is 9.53 Å². The highest BCUT2D eigenvalue weighted by atomic mass is 32.1. The van der Waals surface area contributed by atoms with Crippen LogP contribution in [0.25, 0.3) is 5.57 Å². The number of aryl methyl sites for hydroxylation is 1. The van der Waals surface area contributed by atoms with Gasteiger partial charge in [0.25, 0.3) is 0 Å². The molecule has 0 saturated heterocycles. The smallest absolute Gasteiger partial charge is 0.244 e. The predicted octanol–water partition coefficient (Wildman–Crippen LogP) is 7.19. The third-order valence-electron chi connectivity index (χ3n) is 5.38. The number of nitrogens with one attached hydrogen (secondary N) is 1. The van der Waals surface area contributed by atoms with Crippen LogP contribution in [0.4, 0.5) is 0 Å². The summed E-state index contributed by atoms with van der Waals surface area (Å²) in [5.41, 5.74) is 3.83. The molecular formula is C27H37NO2S. The van der Waals surface area contributed by atoms with E-state index in [2.05, 4.69) is 54.2 Å². The van der Waals surface area contributed by atoms with Crippen molar-refractivity contribution in [3.63, 3.8) is 0 Å². The molecule has 0 saturated carbocycles. The molecule has 0 aliphatic rings. The Bertz CT molecular complexity index is 806. The molecule has 1 aromatic carbocycles. The molecule has 2 aromatic rings. The summed E-state index contributed by atoms with van der Waals surface area (Å²) in [5, 5.41) is 7.39. The van der Waals surface area contributed by atoms with E-state index in [1.54, 1.807) is 24.5 Å². The van der Waals surface area contributed by atoms with Crippen molar-refractivity contribution in [2.24, 2.45) is 0 Å². The van der Waals surface area contributed by atoms with Gasteiger partial charge < -0.3 is 10.1 Å². The van der Waals surface area contributed by atoms with E-state index < -0.39 is 0 Å². The van der Waals surface area contributed by atoms with E-state index in [1.807, 2.05) is 18.2 Å². The summed E-state index contributed by atoms with van der Waals surface area (Å²) in [5.74, 6) is 0.830. The molecule has 4 heteroatoms. The van der Waals surface area contributed by atoms with Gasteiger partial charge >= 0.3 is 0 Å². The maximum absolute atomic E-state index is 12.3. The third-order valence-corrected chi connectivity index (χ3v) is 6.11. The number of methoxy groups -OCH3 is 1. The molecule has 0 radical (unpaired) electrons. The van der Waals surface area contributed by atoms with Crippen molar-refractivity contribution in [2.75, 3.05) is 7.11 Å². The highest BCUT2D eigenvalue weighted by Crippen LogP contribution is 2.24. The van der Waals surface area contributed by atoms with E-state index in [0.717, 1.165) is 37.9 Å². The number of carbonyl (C=O) groups is 1. The molecule has 0 aliphatic heterocycles. The van der Waals surface area contributed by atoms with Gasteiger partial charge in [-0.3, -0.25) is 4.79 Å².